The summed E-state index contributed by atoms with van der Waals surface area (Å²) in [7, 11) is 0. The molecule has 1 aromatic heterocycles. The molecule has 2 aliphatic rings. The van der Waals surface area contributed by atoms with Gasteiger partial charge in [-0.15, -0.1) is 0 Å². The van der Waals surface area contributed by atoms with Crippen molar-refractivity contribution in [3.05, 3.63) is 162 Å². The third-order valence-corrected chi connectivity index (χ3v) is 10.3. The van der Waals surface area contributed by atoms with E-state index in [9.17, 15) is 0 Å². The minimum atomic E-state index is 0.173. The molecule has 0 radical (unpaired) electrons. The lowest BCUT2D eigenvalue weighted by molar-refractivity contribution is 0.658. The van der Waals surface area contributed by atoms with Crippen molar-refractivity contribution in [3.8, 4) is 0 Å². The lowest BCUT2D eigenvalue weighted by atomic mass is 9.84. The first-order valence-corrected chi connectivity index (χ1v) is 16.2. The summed E-state index contributed by atoms with van der Waals surface area (Å²) in [6, 6.07) is 45.5. The topological polar surface area (TPSA) is 4.93 Å². The molecule has 2 aliphatic carbocycles. The SMILES string of the molecule is C1=Cc2c(ccc3c2c2ccccc2n3C2C=C(c3ccccc3)C=C(c3ccc4ccc5cccc6ccc3c4c56)C2)CC1. The van der Waals surface area contributed by atoms with Crippen molar-refractivity contribution >= 4 is 71.3 Å². The molecular formula is C44H31N. The van der Waals surface area contributed by atoms with Gasteiger partial charge in [-0.1, -0.05) is 133 Å². The summed E-state index contributed by atoms with van der Waals surface area (Å²) in [6.07, 6.45) is 12.8. The van der Waals surface area contributed by atoms with Gasteiger partial charge in [-0.05, 0) is 97.1 Å². The first-order valence-electron chi connectivity index (χ1n) is 16.2. The normalized spacial score (nSPS) is 16.6. The predicted octanol–water partition coefficient (Wildman–Crippen LogP) is 11.8. The average Bonchev–Trinajstić information content (AvgIpc) is 3.46. The summed E-state index contributed by atoms with van der Waals surface area (Å²) < 4.78 is 2.62. The number of rotatable bonds is 3. The standard InChI is InChI=1S/C44H31N/c1-2-9-28(10-3-1)33-25-34(36-22-19-32-18-17-30-12-8-13-31-20-23-38(36)43(32)42(30)31)27-35(26-33)45-40-16-7-6-15-39(40)44-37-14-5-4-11-29(37)21-24-41(44)45/h1-3,5-10,12-26,35H,4,11,27H2. The van der Waals surface area contributed by atoms with Gasteiger partial charge in [0, 0.05) is 16.3 Å². The number of benzene rings is 7. The second kappa shape index (κ2) is 9.55. The summed E-state index contributed by atoms with van der Waals surface area (Å²) in [5.74, 6) is 0. The Morgan fingerprint density at radius 2 is 1.36 bits per heavy atom. The number of aryl methyl sites for hydroxylation is 1. The van der Waals surface area contributed by atoms with Crippen LogP contribution in [0, 0.1) is 0 Å². The Morgan fingerprint density at radius 3 is 2.24 bits per heavy atom. The average molecular weight is 574 g/mol. The molecule has 1 unspecified atom stereocenters. The van der Waals surface area contributed by atoms with Gasteiger partial charge in [0.2, 0.25) is 0 Å². The lowest BCUT2D eigenvalue weighted by Crippen LogP contribution is -2.11. The zero-order valence-electron chi connectivity index (χ0n) is 25.0. The number of hydrogen-bond donors (Lipinski definition) is 0. The molecule has 0 bridgehead atoms. The van der Waals surface area contributed by atoms with Gasteiger partial charge in [-0.25, -0.2) is 0 Å². The highest BCUT2D eigenvalue weighted by Crippen LogP contribution is 2.45. The van der Waals surface area contributed by atoms with Crippen molar-refractivity contribution in [1.82, 2.24) is 4.57 Å². The number of para-hydroxylation sites is 1. The molecule has 1 heterocycles. The van der Waals surface area contributed by atoms with Gasteiger partial charge >= 0.3 is 0 Å². The van der Waals surface area contributed by atoms with Crippen LogP contribution in [-0.4, -0.2) is 4.57 Å². The van der Waals surface area contributed by atoms with E-state index in [0.29, 0.717) is 0 Å². The molecule has 45 heavy (non-hydrogen) atoms. The fourth-order valence-corrected chi connectivity index (χ4v) is 8.33. The van der Waals surface area contributed by atoms with Gasteiger partial charge in [-0.3, -0.25) is 0 Å². The van der Waals surface area contributed by atoms with Gasteiger partial charge in [0.25, 0.3) is 0 Å². The van der Waals surface area contributed by atoms with Gasteiger partial charge < -0.3 is 4.57 Å². The maximum atomic E-state index is 2.62. The summed E-state index contributed by atoms with van der Waals surface area (Å²) >= 11 is 0. The molecule has 0 amide bonds. The van der Waals surface area contributed by atoms with Crippen LogP contribution in [0.15, 0.2) is 140 Å². The Bertz CT molecular complexity index is 2540. The van der Waals surface area contributed by atoms with E-state index in [1.54, 1.807) is 0 Å². The van der Waals surface area contributed by atoms with Gasteiger partial charge in [0.15, 0.2) is 0 Å². The Kier molecular flexibility index (Phi) is 5.30. The lowest BCUT2D eigenvalue weighted by Gasteiger charge is -2.27. The fraction of sp³-hybridized carbons (Fsp3) is 0.0909. The van der Waals surface area contributed by atoms with E-state index in [4.69, 9.17) is 0 Å². The van der Waals surface area contributed by atoms with Crippen LogP contribution in [0.2, 0.25) is 0 Å². The van der Waals surface area contributed by atoms with Crippen LogP contribution >= 0.6 is 0 Å². The number of nitrogens with zero attached hydrogens (tertiary/aromatic N) is 1. The molecule has 0 N–H and O–H groups in total. The molecule has 212 valence electrons. The van der Waals surface area contributed by atoms with E-state index >= 15 is 0 Å². The van der Waals surface area contributed by atoms with Crippen LogP contribution in [0.25, 0.3) is 71.3 Å². The Labute approximate surface area is 262 Å². The van der Waals surface area contributed by atoms with E-state index in [1.165, 1.54) is 87.5 Å². The van der Waals surface area contributed by atoms with E-state index < -0.39 is 0 Å². The molecule has 0 saturated carbocycles. The maximum absolute atomic E-state index is 2.62. The molecule has 8 aromatic rings. The second-order valence-electron chi connectivity index (χ2n) is 12.8. The zero-order chi connectivity index (χ0) is 29.5. The molecule has 0 fully saturated rings. The third kappa shape index (κ3) is 3.68. The van der Waals surface area contributed by atoms with Crippen LogP contribution in [-0.2, 0) is 6.42 Å². The Morgan fingerprint density at radius 1 is 0.578 bits per heavy atom. The van der Waals surface area contributed by atoms with Crippen molar-refractivity contribution in [2.45, 2.75) is 25.3 Å². The van der Waals surface area contributed by atoms with Crippen molar-refractivity contribution < 1.29 is 0 Å². The van der Waals surface area contributed by atoms with Crippen LogP contribution in [0.5, 0.6) is 0 Å². The molecular weight excluding hydrogens is 542 g/mol. The van der Waals surface area contributed by atoms with Gasteiger partial charge in [0.1, 0.15) is 0 Å². The molecule has 10 rings (SSSR count). The molecule has 1 heteroatoms. The molecule has 0 aliphatic heterocycles. The second-order valence-corrected chi connectivity index (χ2v) is 12.8. The summed E-state index contributed by atoms with van der Waals surface area (Å²) in [4.78, 5) is 0. The quantitative estimate of drug-likeness (QED) is 0.185. The minimum Gasteiger partial charge on any atom is -0.333 e. The maximum Gasteiger partial charge on any atom is 0.0572 e. The molecule has 0 saturated heterocycles. The van der Waals surface area contributed by atoms with Crippen molar-refractivity contribution in [2.75, 3.05) is 0 Å². The number of allylic oxidation sites excluding steroid dienone is 5. The highest BCUT2D eigenvalue weighted by molar-refractivity contribution is 6.24. The van der Waals surface area contributed by atoms with Crippen molar-refractivity contribution in [3.63, 3.8) is 0 Å². The first kappa shape index (κ1) is 25.0. The summed E-state index contributed by atoms with van der Waals surface area (Å²) in [6.45, 7) is 0. The largest absolute Gasteiger partial charge is 0.333 e. The Balaban J connectivity index is 1.23. The molecule has 0 spiro atoms. The van der Waals surface area contributed by atoms with E-state index in [1.807, 2.05) is 0 Å². The Hall–Kier alpha value is -5.40. The number of fused-ring (bicyclic) bond motifs is 5. The molecule has 1 atom stereocenters. The van der Waals surface area contributed by atoms with Crippen molar-refractivity contribution in [2.24, 2.45) is 0 Å². The van der Waals surface area contributed by atoms with Crippen LogP contribution < -0.4 is 0 Å². The smallest absolute Gasteiger partial charge is 0.0572 e. The van der Waals surface area contributed by atoms with Gasteiger partial charge in [0.05, 0.1) is 11.6 Å². The summed E-state index contributed by atoms with van der Waals surface area (Å²) in [5.41, 5.74) is 10.8. The number of hydrogen-bond acceptors (Lipinski definition) is 0. The van der Waals surface area contributed by atoms with E-state index in [2.05, 4.69) is 150 Å². The minimum absolute atomic E-state index is 0.173. The van der Waals surface area contributed by atoms with Crippen LogP contribution in [0.3, 0.4) is 0 Å². The van der Waals surface area contributed by atoms with E-state index in [-0.39, 0.29) is 6.04 Å². The highest BCUT2D eigenvalue weighted by atomic mass is 15.0. The van der Waals surface area contributed by atoms with E-state index in [0.717, 1.165) is 19.3 Å². The van der Waals surface area contributed by atoms with Crippen molar-refractivity contribution in [1.29, 1.82) is 0 Å². The zero-order valence-corrected chi connectivity index (χ0v) is 25.0. The monoisotopic (exact) mass is 573 g/mol. The first-order chi connectivity index (χ1) is 22.3. The highest BCUT2D eigenvalue weighted by Gasteiger charge is 2.25. The number of aromatic nitrogens is 1. The molecule has 7 aromatic carbocycles. The predicted molar refractivity (Wildman–Crippen MR) is 193 cm³/mol. The van der Waals surface area contributed by atoms with Crippen LogP contribution in [0.1, 0.15) is 41.1 Å². The third-order valence-electron chi connectivity index (χ3n) is 10.3. The molecule has 1 nitrogen and oxygen atoms in total. The fourth-order valence-electron chi connectivity index (χ4n) is 8.33. The summed E-state index contributed by atoms with van der Waals surface area (Å²) in [5, 5.41) is 10.8. The van der Waals surface area contributed by atoms with Crippen LogP contribution in [0.4, 0.5) is 0 Å². The van der Waals surface area contributed by atoms with Gasteiger partial charge in [-0.2, -0.15) is 0 Å².